The second kappa shape index (κ2) is 6.38. The molecule has 0 aliphatic rings. The Balaban J connectivity index is 1.84. The first-order chi connectivity index (χ1) is 9.16. The van der Waals surface area contributed by atoms with Gasteiger partial charge in [0.1, 0.15) is 17.5 Å². The highest BCUT2D eigenvalue weighted by Crippen LogP contribution is 2.24. The van der Waals surface area contributed by atoms with E-state index >= 15 is 0 Å². The number of aromatic nitrogens is 2. The van der Waals surface area contributed by atoms with Gasteiger partial charge < -0.3 is 10.1 Å². The lowest BCUT2D eigenvalue weighted by atomic mass is 10.3. The highest BCUT2D eigenvalue weighted by Gasteiger charge is 2.10. The molecule has 0 saturated carbocycles. The summed E-state index contributed by atoms with van der Waals surface area (Å²) in [6.07, 6.45) is 1.40. The fraction of sp³-hybridized carbons (Fsp3) is 0.231. The number of amides is 1. The Kier molecular flexibility index (Phi) is 4.57. The van der Waals surface area contributed by atoms with Crippen molar-refractivity contribution in [3.63, 3.8) is 0 Å². The van der Waals surface area contributed by atoms with Crippen molar-refractivity contribution in [3.05, 3.63) is 46.7 Å². The Bertz CT molecular complexity index is 543. The van der Waals surface area contributed by atoms with E-state index in [9.17, 15) is 4.79 Å². The largest absolute Gasteiger partial charge is 0.488 e. The molecule has 100 valence electrons. The Hall–Kier alpha value is -1.82. The first-order valence-electron chi connectivity index (χ1n) is 5.85. The molecule has 5 nitrogen and oxygen atoms in total. The van der Waals surface area contributed by atoms with Crippen LogP contribution in [0.25, 0.3) is 0 Å². The smallest absolute Gasteiger partial charge is 0.269 e. The van der Waals surface area contributed by atoms with E-state index in [1.807, 2.05) is 31.2 Å². The highest BCUT2D eigenvalue weighted by atomic mass is 79.9. The van der Waals surface area contributed by atoms with Crippen molar-refractivity contribution in [2.45, 2.75) is 13.0 Å². The molecule has 2 N–H and O–H groups in total. The van der Waals surface area contributed by atoms with Gasteiger partial charge in [-0.1, -0.05) is 12.1 Å². The quantitative estimate of drug-likeness (QED) is 0.887. The molecule has 2 rings (SSSR count). The second-order valence-electron chi connectivity index (χ2n) is 4.04. The number of halogens is 1. The summed E-state index contributed by atoms with van der Waals surface area (Å²) in [5.41, 5.74) is 0.438. The van der Waals surface area contributed by atoms with Crippen LogP contribution in [0.5, 0.6) is 5.75 Å². The first-order valence-corrected chi connectivity index (χ1v) is 6.65. The van der Waals surface area contributed by atoms with Gasteiger partial charge in [-0.3, -0.25) is 9.89 Å². The SMILES string of the molecule is C[C@@H](CNC(=O)c1ccn[nH]1)Oc1ccccc1Br. The van der Waals surface area contributed by atoms with Crippen LogP contribution in [0.1, 0.15) is 17.4 Å². The van der Waals surface area contributed by atoms with E-state index in [4.69, 9.17) is 4.74 Å². The van der Waals surface area contributed by atoms with E-state index < -0.39 is 0 Å². The van der Waals surface area contributed by atoms with Gasteiger partial charge in [0.25, 0.3) is 5.91 Å². The number of nitrogens with one attached hydrogen (secondary N) is 2. The molecule has 1 amide bonds. The Morgan fingerprint density at radius 3 is 2.95 bits per heavy atom. The van der Waals surface area contributed by atoms with E-state index in [2.05, 4.69) is 31.4 Å². The minimum atomic E-state index is -0.194. The van der Waals surface area contributed by atoms with Crippen LogP contribution in [-0.4, -0.2) is 28.8 Å². The Morgan fingerprint density at radius 2 is 2.26 bits per heavy atom. The van der Waals surface area contributed by atoms with E-state index in [1.54, 1.807) is 6.07 Å². The van der Waals surface area contributed by atoms with Crippen LogP contribution in [0.2, 0.25) is 0 Å². The number of hydrogen-bond donors (Lipinski definition) is 2. The Labute approximate surface area is 119 Å². The standard InChI is InChI=1S/C13H14BrN3O2/c1-9(19-12-5-3-2-4-10(12)14)8-15-13(18)11-6-7-16-17-11/h2-7,9H,8H2,1H3,(H,15,18)(H,16,17)/t9-/m0/s1. The molecule has 0 fully saturated rings. The summed E-state index contributed by atoms with van der Waals surface area (Å²) in [5, 5.41) is 9.11. The summed E-state index contributed by atoms with van der Waals surface area (Å²) in [6, 6.07) is 9.22. The van der Waals surface area contributed by atoms with Crippen molar-refractivity contribution in [3.8, 4) is 5.75 Å². The maximum atomic E-state index is 11.7. The van der Waals surface area contributed by atoms with E-state index in [0.717, 1.165) is 10.2 Å². The van der Waals surface area contributed by atoms with Crippen LogP contribution in [-0.2, 0) is 0 Å². The predicted molar refractivity (Wildman–Crippen MR) is 75.2 cm³/mol. The van der Waals surface area contributed by atoms with Gasteiger partial charge in [-0.25, -0.2) is 0 Å². The summed E-state index contributed by atoms with van der Waals surface area (Å²) in [7, 11) is 0. The fourth-order valence-electron chi connectivity index (χ4n) is 1.51. The number of hydrogen-bond acceptors (Lipinski definition) is 3. The van der Waals surface area contributed by atoms with Crippen molar-refractivity contribution in [2.24, 2.45) is 0 Å². The minimum Gasteiger partial charge on any atom is -0.488 e. The molecule has 0 aliphatic heterocycles. The molecule has 0 saturated heterocycles. The lowest BCUT2D eigenvalue weighted by Crippen LogP contribution is -2.33. The van der Waals surface area contributed by atoms with Crippen LogP contribution in [0, 0.1) is 0 Å². The molecule has 1 aromatic carbocycles. The Morgan fingerprint density at radius 1 is 1.47 bits per heavy atom. The summed E-state index contributed by atoms with van der Waals surface area (Å²) in [6.45, 7) is 2.31. The zero-order valence-electron chi connectivity index (χ0n) is 10.4. The van der Waals surface area contributed by atoms with Crippen LogP contribution >= 0.6 is 15.9 Å². The zero-order valence-corrected chi connectivity index (χ0v) is 12.0. The molecule has 1 atom stereocenters. The average Bonchev–Trinajstić information content (AvgIpc) is 2.93. The molecule has 6 heteroatoms. The van der Waals surface area contributed by atoms with E-state index in [-0.39, 0.29) is 12.0 Å². The van der Waals surface area contributed by atoms with Gasteiger partial charge in [-0.2, -0.15) is 5.10 Å². The monoisotopic (exact) mass is 323 g/mol. The van der Waals surface area contributed by atoms with Gasteiger partial charge in [0.05, 0.1) is 11.0 Å². The molecule has 0 bridgehead atoms. The topological polar surface area (TPSA) is 67.0 Å². The molecule has 0 spiro atoms. The highest BCUT2D eigenvalue weighted by molar-refractivity contribution is 9.10. The summed E-state index contributed by atoms with van der Waals surface area (Å²) in [5.74, 6) is 0.561. The van der Waals surface area contributed by atoms with Crippen molar-refractivity contribution < 1.29 is 9.53 Å². The summed E-state index contributed by atoms with van der Waals surface area (Å²) >= 11 is 3.41. The van der Waals surface area contributed by atoms with Gasteiger partial charge in [-0.15, -0.1) is 0 Å². The summed E-state index contributed by atoms with van der Waals surface area (Å²) in [4.78, 5) is 11.7. The number of carbonyl (C=O) groups is 1. The molecule has 1 heterocycles. The predicted octanol–water partition coefficient (Wildman–Crippen LogP) is 2.37. The number of benzene rings is 1. The van der Waals surface area contributed by atoms with Crippen molar-refractivity contribution in [2.75, 3.05) is 6.54 Å². The van der Waals surface area contributed by atoms with Crippen molar-refractivity contribution in [1.29, 1.82) is 0 Å². The molecule has 19 heavy (non-hydrogen) atoms. The van der Waals surface area contributed by atoms with Gasteiger partial charge in [-0.05, 0) is 41.1 Å². The average molecular weight is 324 g/mol. The maximum Gasteiger partial charge on any atom is 0.269 e. The van der Waals surface area contributed by atoms with Gasteiger partial charge in [0.15, 0.2) is 0 Å². The van der Waals surface area contributed by atoms with E-state index in [1.165, 1.54) is 6.20 Å². The van der Waals surface area contributed by atoms with Crippen molar-refractivity contribution >= 4 is 21.8 Å². The van der Waals surface area contributed by atoms with Crippen LogP contribution in [0.4, 0.5) is 0 Å². The van der Waals surface area contributed by atoms with Gasteiger partial charge in [0, 0.05) is 6.20 Å². The second-order valence-corrected chi connectivity index (χ2v) is 4.89. The normalized spacial score (nSPS) is 11.9. The lowest BCUT2D eigenvalue weighted by molar-refractivity contribution is 0.0927. The molecule has 0 aliphatic carbocycles. The molecular formula is C13H14BrN3O2. The number of para-hydroxylation sites is 1. The third kappa shape index (κ3) is 3.82. The third-order valence-electron chi connectivity index (χ3n) is 2.46. The van der Waals surface area contributed by atoms with Crippen LogP contribution in [0.3, 0.4) is 0 Å². The minimum absolute atomic E-state index is 0.134. The lowest BCUT2D eigenvalue weighted by Gasteiger charge is -2.16. The number of nitrogens with zero attached hydrogens (tertiary/aromatic N) is 1. The molecule has 1 aromatic heterocycles. The molecule has 0 unspecified atom stereocenters. The third-order valence-corrected chi connectivity index (χ3v) is 3.12. The van der Waals surface area contributed by atoms with Gasteiger partial charge >= 0.3 is 0 Å². The molecular weight excluding hydrogens is 310 g/mol. The molecule has 2 aromatic rings. The fourth-order valence-corrected chi connectivity index (χ4v) is 1.89. The van der Waals surface area contributed by atoms with Crippen molar-refractivity contribution in [1.82, 2.24) is 15.5 Å². The van der Waals surface area contributed by atoms with Crippen LogP contribution < -0.4 is 10.1 Å². The number of rotatable bonds is 5. The maximum absolute atomic E-state index is 11.7. The van der Waals surface area contributed by atoms with Gasteiger partial charge in [0.2, 0.25) is 0 Å². The number of aromatic amines is 1. The van der Waals surface area contributed by atoms with Crippen LogP contribution in [0.15, 0.2) is 41.0 Å². The number of ether oxygens (including phenoxy) is 1. The zero-order chi connectivity index (χ0) is 13.7. The number of carbonyl (C=O) groups excluding carboxylic acids is 1. The molecule has 0 radical (unpaired) electrons. The first kappa shape index (κ1) is 13.6. The summed E-state index contributed by atoms with van der Waals surface area (Å²) < 4.78 is 6.62. The number of H-pyrrole nitrogens is 1. The van der Waals surface area contributed by atoms with E-state index in [0.29, 0.717) is 12.2 Å².